The number of hydrogen-bond acceptors (Lipinski definition) is 10. The molecule has 3 aromatic rings. The van der Waals surface area contributed by atoms with Gasteiger partial charge in [-0.25, -0.2) is 10.1 Å². The average molecular weight is 386 g/mol. The molecular formula is C16H18N8O4. The van der Waals surface area contributed by atoms with Crippen LogP contribution in [0.3, 0.4) is 0 Å². The second-order valence-electron chi connectivity index (χ2n) is 5.43. The summed E-state index contributed by atoms with van der Waals surface area (Å²) >= 11 is 0. The quantitative estimate of drug-likeness (QED) is 0.438. The third-order valence-corrected chi connectivity index (χ3v) is 3.82. The minimum absolute atomic E-state index is 0.0381. The van der Waals surface area contributed by atoms with Gasteiger partial charge in [0.1, 0.15) is 11.5 Å². The summed E-state index contributed by atoms with van der Waals surface area (Å²) in [5, 5.41) is 18.9. The van der Waals surface area contributed by atoms with E-state index in [4.69, 9.17) is 15.2 Å². The van der Waals surface area contributed by atoms with Crippen molar-refractivity contribution in [3.05, 3.63) is 35.2 Å². The number of carbonyl (C=O) groups is 1. The number of ether oxygens (including phenoxy) is 2. The second kappa shape index (κ2) is 8.16. The van der Waals surface area contributed by atoms with Crippen molar-refractivity contribution in [3.63, 3.8) is 0 Å². The van der Waals surface area contributed by atoms with Crippen molar-refractivity contribution >= 4 is 17.9 Å². The van der Waals surface area contributed by atoms with E-state index in [9.17, 15) is 4.79 Å². The number of nitrogen functional groups attached to an aromatic ring is 1. The summed E-state index contributed by atoms with van der Waals surface area (Å²) in [6, 6.07) is 5.21. The summed E-state index contributed by atoms with van der Waals surface area (Å²) < 4.78 is 16.3. The number of aromatic nitrogens is 5. The first-order valence-electron chi connectivity index (χ1n) is 8.17. The molecule has 0 aliphatic rings. The highest BCUT2D eigenvalue weighted by molar-refractivity contribution is 5.94. The van der Waals surface area contributed by atoms with Gasteiger partial charge in [0, 0.05) is 11.6 Å². The molecule has 2 heterocycles. The maximum atomic E-state index is 12.5. The minimum atomic E-state index is -0.540. The van der Waals surface area contributed by atoms with Crippen molar-refractivity contribution in [1.29, 1.82) is 0 Å². The number of carbonyl (C=O) groups excluding carboxylic acids is 1. The van der Waals surface area contributed by atoms with E-state index in [0.717, 1.165) is 0 Å². The van der Waals surface area contributed by atoms with Gasteiger partial charge in [0.25, 0.3) is 5.91 Å². The summed E-state index contributed by atoms with van der Waals surface area (Å²) in [4.78, 5) is 12.5. The van der Waals surface area contributed by atoms with Crippen LogP contribution in [0.4, 0.5) is 5.82 Å². The molecule has 3 rings (SSSR count). The van der Waals surface area contributed by atoms with Crippen molar-refractivity contribution in [1.82, 2.24) is 30.7 Å². The van der Waals surface area contributed by atoms with E-state index in [-0.39, 0.29) is 17.3 Å². The van der Waals surface area contributed by atoms with Gasteiger partial charge in [0.2, 0.25) is 11.6 Å². The molecule has 146 valence electrons. The normalized spacial score (nSPS) is 11.0. The molecule has 0 radical (unpaired) electrons. The zero-order valence-electron chi connectivity index (χ0n) is 15.4. The van der Waals surface area contributed by atoms with E-state index in [1.54, 1.807) is 25.3 Å². The van der Waals surface area contributed by atoms with E-state index in [2.05, 4.69) is 35.8 Å². The van der Waals surface area contributed by atoms with Crippen molar-refractivity contribution < 1.29 is 18.9 Å². The fourth-order valence-corrected chi connectivity index (χ4v) is 2.44. The SMILES string of the molecule is CCc1c(C(=O)N/N=C/c2ccc(OC)cc2OC)nnn1-c1nonc1N. The Labute approximate surface area is 159 Å². The van der Waals surface area contributed by atoms with Crippen LogP contribution < -0.4 is 20.6 Å². The summed E-state index contributed by atoms with van der Waals surface area (Å²) in [6.07, 6.45) is 1.89. The van der Waals surface area contributed by atoms with E-state index in [0.29, 0.717) is 29.2 Å². The first-order chi connectivity index (χ1) is 13.6. The Morgan fingerprint density at radius 1 is 1.36 bits per heavy atom. The van der Waals surface area contributed by atoms with E-state index in [1.807, 2.05) is 6.92 Å². The van der Waals surface area contributed by atoms with Crippen LogP contribution in [0.5, 0.6) is 11.5 Å². The lowest BCUT2D eigenvalue weighted by Gasteiger charge is -2.06. The fraction of sp³-hybridized carbons (Fsp3) is 0.250. The number of nitrogens with one attached hydrogen (secondary N) is 1. The van der Waals surface area contributed by atoms with Gasteiger partial charge in [-0.3, -0.25) is 4.79 Å². The Bertz CT molecular complexity index is 1010. The van der Waals surface area contributed by atoms with Crippen molar-refractivity contribution in [2.45, 2.75) is 13.3 Å². The van der Waals surface area contributed by atoms with Gasteiger partial charge in [0.15, 0.2) is 5.69 Å². The van der Waals surface area contributed by atoms with Gasteiger partial charge >= 0.3 is 0 Å². The van der Waals surface area contributed by atoms with Crippen LogP contribution in [0.15, 0.2) is 27.9 Å². The lowest BCUT2D eigenvalue weighted by molar-refractivity contribution is 0.0949. The average Bonchev–Trinajstić information content (AvgIpc) is 3.33. The first kappa shape index (κ1) is 18.8. The number of nitrogens with two attached hydrogens (primary N) is 1. The predicted molar refractivity (Wildman–Crippen MR) is 97.6 cm³/mol. The van der Waals surface area contributed by atoms with Crippen LogP contribution in [0, 0.1) is 0 Å². The molecule has 1 amide bonds. The molecule has 12 nitrogen and oxygen atoms in total. The van der Waals surface area contributed by atoms with Gasteiger partial charge in [-0.1, -0.05) is 12.1 Å². The standard InChI is InChI=1S/C16H18N8O4/c1-4-11-13(19-23-24(11)15-14(17)21-28-22-15)16(25)20-18-8-9-5-6-10(26-2)7-12(9)27-3/h5-8H,4H2,1-3H3,(H2,17,21)(H,20,25)/b18-8+. The molecule has 1 aromatic carbocycles. The molecule has 0 atom stereocenters. The highest BCUT2D eigenvalue weighted by atomic mass is 16.6. The topological polar surface area (TPSA) is 156 Å². The molecule has 0 saturated heterocycles. The number of amides is 1. The predicted octanol–water partition coefficient (Wildman–Crippen LogP) is 0.576. The van der Waals surface area contributed by atoms with Crippen LogP contribution in [-0.4, -0.2) is 51.6 Å². The van der Waals surface area contributed by atoms with Crippen LogP contribution in [0.2, 0.25) is 0 Å². The van der Waals surface area contributed by atoms with Crippen LogP contribution in [0.25, 0.3) is 5.82 Å². The van der Waals surface area contributed by atoms with Crippen molar-refractivity contribution in [2.75, 3.05) is 20.0 Å². The van der Waals surface area contributed by atoms with Crippen LogP contribution in [-0.2, 0) is 6.42 Å². The number of nitrogens with zero attached hydrogens (tertiary/aromatic N) is 6. The number of anilines is 1. The van der Waals surface area contributed by atoms with E-state index < -0.39 is 5.91 Å². The zero-order valence-corrected chi connectivity index (χ0v) is 15.4. The van der Waals surface area contributed by atoms with Crippen molar-refractivity contribution in [3.8, 4) is 17.3 Å². The second-order valence-corrected chi connectivity index (χ2v) is 5.43. The molecule has 0 saturated carbocycles. The molecule has 0 aliphatic heterocycles. The highest BCUT2D eigenvalue weighted by Gasteiger charge is 2.22. The molecule has 12 heteroatoms. The smallest absolute Gasteiger partial charge is 0.293 e. The maximum Gasteiger partial charge on any atom is 0.293 e. The first-order valence-corrected chi connectivity index (χ1v) is 8.17. The third-order valence-electron chi connectivity index (χ3n) is 3.82. The highest BCUT2D eigenvalue weighted by Crippen LogP contribution is 2.23. The molecule has 2 aromatic heterocycles. The van der Waals surface area contributed by atoms with Crippen LogP contribution >= 0.6 is 0 Å². The monoisotopic (exact) mass is 386 g/mol. The van der Waals surface area contributed by atoms with Crippen LogP contribution in [0.1, 0.15) is 28.7 Å². The molecule has 0 bridgehead atoms. The Kier molecular flexibility index (Phi) is 5.48. The van der Waals surface area contributed by atoms with E-state index >= 15 is 0 Å². The van der Waals surface area contributed by atoms with E-state index in [1.165, 1.54) is 18.0 Å². The van der Waals surface area contributed by atoms with Gasteiger partial charge in [-0.2, -0.15) is 9.78 Å². The number of methoxy groups -OCH3 is 2. The summed E-state index contributed by atoms with van der Waals surface area (Å²) in [7, 11) is 3.09. The fourth-order valence-electron chi connectivity index (χ4n) is 2.44. The Balaban J connectivity index is 1.78. The number of benzene rings is 1. The maximum absolute atomic E-state index is 12.5. The number of hydrazone groups is 1. The summed E-state index contributed by atoms with van der Waals surface area (Å²) in [6.45, 7) is 1.83. The van der Waals surface area contributed by atoms with Gasteiger partial charge in [0.05, 0.1) is 26.1 Å². The molecule has 0 fully saturated rings. The Morgan fingerprint density at radius 2 is 2.18 bits per heavy atom. The Hall–Kier alpha value is -3.96. The molecule has 0 aliphatic carbocycles. The summed E-state index contributed by atoms with van der Waals surface area (Å²) in [5.74, 6) is 0.850. The number of rotatable bonds is 7. The zero-order chi connectivity index (χ0) is 20.1. The molecule has 3 N–H and O–H groups in total. The van der Waals surface area contributed by atoms with Gasteiger partial charge in [-0.15, -0.1) is 5.10 Å². The minimum Gasteiger partial charge on any atom is -0.497 e. The third kappa shape index (κ3) is 3.60. The molecule has 0 spiro atoms. The summed E-state index contributed by atoms with van der Waals surface area (Å²) in [5.41, 5.74) is 9.31. The Morgan fingerprint density at radius 3 is 2.82 bits per heavy atom. The molecular weight excluding hydrogens is 368 g/mol. The largest absolute Gasteiger partial charge is 0.497 e. The lowest BCUT2D eigenvalue weighted by atomic mass is 10.2. The number of hydrogen-bond donors (Lipinski definition) is 2. The lowest BCUT2D eigenvalue weighted by Crippen LogP contribution is -2.20. The molecule has 28 heavy (non-hydrogen) atoms. The van der Waals surface area contributed by atoms with Gasteiger partial charge in [-0.05, 0) is 28.9 Å². The van der Waals surface area contributed by atoms with Crippen molar-refractivity contribution in [2.24, 2.45) is 5.10 Å². The van der Waals surface area contributed by atoms with Gasteiger partial charge < -0.3 is 15.2 Å². The molecule has 0 unspecified atom stereocenters.